The highest BCUT2D eigenvalue weighted by Gasteiger charge is 2.17. The van der Waals surface area contributed by atoms with Gasteiger partial charge in [0.2, 0.25) is 0 Å². The van der Waals surface area contributed by atoms with E-state index in [1.807, 2.05) is 0 Å². The van der Waals surface area contributed by atoms with Gasteiger partial charge in [-0.05, 0) is 19.8 Å². The predicted molar refractivity (Wildman–Crippen MR) is 52.3 cm³/mol. The molecule has 0 saturated heterocycles. The zero-order valence-corrected chi connectivity index (χ0v) is 8.99. The lowest BCUT2D eigenvalue weighted by Crippen LogP contribution is -2.15. The average molecular weight is 216 g/mol. The number of carbonyl (C=O) groups excluding carboxylic acids is 2. The van der Waals surface area contributed by atoms with Gasteiger partial charge in [-0.15, -0.1) is 0 Å². The van der Waals surface area contributed by atoms with Crippen LogP contribution in [0.25, 0.3) is 0 Å². The Balaban J connectivity index is 3.99. The lowest BCUT2D eigenvalue weighted by Gasteiger charge is -2.11. The maximum atomic E-state index is 11.1. The molecule has 0 aromatic carbocycles. The molecule has 0 aliphatic rings. The molecule has 5 heteroatoms. The molecule has 0 amide bonds. The fourth-order valence-electron chi connectivity index (χ4n) is 1.24. The van der Waals surface area contributed by atoms with Crippen LogP contribution in [0, 0.1) is 5.92 Å². The van der Waals surface area contributed by atoms with Crippen LogP contribution in [-0.2, 0) is 19.1 Å². The first-order chi connectivity index (χ1) is 6.97. The number of ketones is 1. The van der Waals surface area contributed by atoms with E-state index in [4.69, 9.17) is 5.11 Å². The first kappa shape index (κ1) is 13.6. The maximum Gasteiger partial charge on any atom is 0.305 e. The number of carboxylic acids is 1. The minimum Gasteiger partial charge on any atom is -0.481 e. The van der Waals surface area contributed by atoms with Crippen LogP contribution in [-0.4, -0.2) is 29.9 Å². The van der Waals surface area contributed by atoms with Gasteiger partial charge in [0, 0.05) is 18.8 Å². The Morgan fingerprint density at radius 3 is 2.13 bits per heavy atom. The zero-order valence-electron chi connectivity index (χ0n) is 8.99. The molecule has 1 N–H and O–H groups in total. The van der Waals surface area contributed by atoms with E-state index in [9.17, 15) is 14.4 Å². The number of ether oxygens (including phenoxy) is 1. The van der Waals surface area contributed by atoms with Crippen molar-refractivity contribution in [2.75, 3.05) is 7.11 Å². The summed E-state index contributed by atoms with van der Waals surface area (Å²) in [6.07, 6.45) is 0.739. The van der Waals surface area contributed by atoms with E-state index in [1.54, 1.807) is 0 Å². The molecule has 5 nitrogen and oxygen atoms in total. The van der Waals surface area contributed by atoms with Crippen molar-refractivity contribution in [2.24, 2.45) is 5.92 Å². The van der Waals surface area contributed by atoms with Crippen LogP contribution < -0.4 is 0 Å². The Bertz CT molecular complexity index is 246. The van der Waals surface area contributed by atoms with Crippen LogP contribution in [0.1, 0.15) is 32.6 Å². The third kappa shape index (κ3) is 6.65. The van der Waals surface area contributed by atoms with Crippen molar-refractivity contribution in [1.29, 1.82) is 0 Å². The summed E-state index contributed by atoms with van der Waals surface area (Å²) in [5.74, 6) is -1.75. The molecular weight excluding hydrogens is 200 g/mol. The largest absolute Gasteiger partial charge is 0.481 e. The number of aliphatic carboxylic acids is 1. The maximum absolute atomic E-state index is 11.1. The zero-order chi connectivity index (χ0) is 11.8. The van der Waals surface area contributed by atoms with E-state index >= 15 is 0 Å². The Morgan fingerprint density at radius 1 is 1.20 bits per heavy atom. The standard InChI is InChI=1S/C10H16O5/c1-7(11)8(3-5-9(12)13)4-6-10(14)15-2/h8H,3-6H2,1-2H3,(H,12,13). The highest BCUT2D eigenvalue weighted by atomic mass is 16.5. The van der Waals surface area contributed by atoms with E-state index in [0.29, 0.717) is 6.42 Å². The second-order valence-corrected chi connectivity index (χ2v) is 3.35. The van der Waals surface area contributed by atoms with Gasteiger partial charge in [0.15, 0.2) is 0 Å². The van der Waals surface area contributed by atoms with Gasteiger partial charge in [0.25, 0.3) is 0 Å². The molecular formula is C10H16O5. The molecule has 0 aliphatic carbocycles. The summed E-state index contributed by atoms with van der Waals surface area (Å²) in [4.78, 5) is 32.3. The molecule has 0 saturated carbocycles. The highest BCUT2D eigenvalue weighted by molar-refractivity contribution is 5.79. The Labute approximate surface area is 88.4 Å². The number of rotatable bonds is 7. The van der Waals surface area contributed by atoms with E-state index < -0.39 is 5.97 Å². The van der Waals surface area contributed by atoms with Crippen molar-refractivity contribution in [3.8, 4) is 0 Å². The summed E-state index contributed by atoms with van der Waals surface area (Å²) in [6.45, 7) is 1.41. The van der Waals surface area contributed by atoms with E-state index in [2.05, 4.69) is 4.74 Å². The first-order valence-corrected chi connectivity index (χ1v) is 4.76. The Morgan fingerprint density at radius 2 is 1.73 bits per heavy atom. The first-order valence-electron chi connectivity index (χ1n) is 4.76. The van der Waals surface area contributed by atoms with Gasteiger partial charge >= 0.3 is 11.9 Å². The normalized spacial score (nSPS) is 11.9. The highest BCUT2D eigenvalue weighted by Crippen LogP contribution is 2.15. The Kier molecular flexibility index (Phi) is 6.33. The lowest BCUT2D eigenvalue weighted by molar-refractivity contribution is -0.141. The monoisotopic (exact) mass is 216 g/mol. The van der Waals surface area contributed by atoms with E-state index in [0.717, 1.165) is 0 Å². The molecule has 0 aliphatic heterocycles. The van der Waals surface area contributed by atoms with Crippen LogP contribution in [0.4, 0.5) is 0 Å². The fraction of sp³-hybridized carbons (Fsp3) is 0.700. The van der Waals surface area contributed by atoms with Crippen molar-refractivity contribution in [3.63, 3.8) is 0 Å². The van der Waals surface area contributed by atoms with Gasteiger partial charge in [-0.3, -0.25) is 14.4 Å². The summed E-state index contributed by atoms with van der Waals surface area (Å²) in [6, 6.07) is 0. The third-order valence-corrected chi connectivity index (χ3v) is 2.21. The number of hydrogen-bond acceptors (Lipinski definition) is 4. The smallest absolute Gasteiger partial charge is 0.305 e. The van der Waals surface area contributed by atoms with Gasteiger partial charge in [0.05, 0.1) is 7.11 Å². The van der Waals surface area contributed by atoms with Crippen LogP contribution in [0.2, 0.25) is 0 Å². The average Bonchev–Trinajstić information content (AvgIpc) is 2.16. The number of carbonyl (C=O) groups is 3. The van der Waals surface area contributed by atoms with Gasteiger partial charge in [0.1, 0.15) is 5.78 Å². The van der Waals surface area contributed by atoms with Crippen LogP contribution in [0.15, 0.2) is 0 Å². The second-order valence-electron chi connectivity index (χ2n) is 3.35. The number of methoxy groups -OCH3 is 1. The molecule has 0 heterocycles. The molecule has 0 fully saturated rings. The molecule has 0 rings (SSSR count). The van der Waals surface area contributed by atoms with Crippen LogP contribution in [0.3, 0.4) is 0 Å². The lowest BCUT2D eigenvalue weighted by atomic mass is 9.94. The molecule has 0 bridgehead atoms. The van der Waals surface area contributed by atoms with Gasteiger partial charge in [-0.2, -0.15) is 0 Å². The third-order valence-electron chi connectivity index (χ3n) is 2.21. The minimum atomic E-state index is -0.931. The van der Waals surface area contributed by atoms with Crippen molar-refractivity contribution in [3.05, 3.63) is 0 Å². The predicted octanol–water partition coefficient (Wildman–Crippen LogP) is 1.01. The summed E-state index contributed by atoms with van der Waals surface area (Å²) in [5.41, 5.74) is 0. The number of Topliss-reactive ketones (excluding diaryl/α,β-unsaturated/α-hetero) is 1. The number of carboxylic acid groups (broad SMARTS) is 1. The fourth-order valence-corrected chi connectivity index (χ4v) is 1.24. The topological polar surface area (TPSA) is 80.7 Å². The Hall–Kier alpha value is -1.39. The second kappa shape index (κ2) is 6.98. The van der Waals surface area contributed by atoms with Gasteiger partial charge in [-0.1, -0.05) is 0 Å². The molecule has 1 unspecified atom stereocenters. The van der Waals surface area contributed by atoms with Gasteiger partial charge < -0.3 is 9.84 Å². The molecule has 1 atom stereocenters. The van der Waals surface area contributed by atoms with Crippen LogP contribution >= 0.6 is 0 Å². The minimum absolute atomic E-state index is 0.0502. The molecule has 0 spiro atoms. The summed E-state index contributed by atoms with van der Waals surface area (Å²) in [7, 11) is 1.28. The SMILES string of the molecule is COC(=O)CCC(CCC(=O)O)C(C)=O. The van der Waals surface area contributed by atoms with Crippen molar-refractivity contribution < 1.29 is 24.2 Å². The summed E-state index contributed by atoms with van der Waals surface area (Å²) < 4.78 is 4.44. The van der Waals surface area contributed by atoms with E-state index in [-0.39, 0.29) is 36.9 Å². The number of hydrogen-bond donors (Lipinski definition) is 1. The summed E-state index contributed by atoms with van der Waals surface area (Å²) >= 11 is 0. The number of esters is 1. The molecule has 15 heavy (non-hydrogen) atoms. The van der Waals surface area contributed by atoms with Gasteiger partial charge in [-0.25, -0.2) is 0 Å². The molecule has 86 valence electrons. The van der Waals surface area contributed by atoms with Crippen molar-refractivity contribution in [2.45, 2.75) is 32.6 Å². The molecule has 0 aromatic rings. The van der Waals surface area contributed by atoms with E-state index in [1.165, 1.54) is 14.0 Å². The van der Waals surface area contributed by atoms with Crippen molar-refractivity contribution >= 4 is 17.7 Å². The summed E-state index contributed by atoms with van der Waals surface area (Å²) in [5, 5.41) is 8.46. The van der Waals surface area contributed by atoms with Crippen LogP contribution in [0.5, 0.6) is 0 Å². The molecule has 0 aromatic heterocycles. The van der Waals surface area contributed by atoms with Crippen molar-refractivity contribution in [1.82, 2.24) is 0 Å². The molecule has 0 radical (unpaired) electrons. The quantitative estimate of drug-likeness (QED) is 0.642.